The zero-order valence-corrected chi connectivity index (χ0v) is 57.0. The molecular formula is C72H92Cl2N8O8. The van der Waals surface area contributed by atoms with Crippen molar-refractivity contribution in [2.75, 3.05) is 28.6 Å². The molecule has 8 aromatic rings. The highest BCUT2D eigenvalue weighted by atomic mass is 35.5. The third-order valence-corrected chi connectivity index (χ3v) is 15.0. The van der Waals surface area contributed by atoms with Crippen LogP contribution >= 0.6 is 0 Å². The van der Waals surface area contributed by atoms with E-state index in [0.29, 0.717) is 36.6 Å². The fourth-order valence-electron chi connectivity index (χ4n) is 11.1. The largest absolute Gasteiger partial charge is 1.00 e. The average Bonchev–Trinajstić information content (AvgIpc) is 0.760. The van der Waals surface area contributed by atoms with Gasteiger partial charge in [0.15, 0.2) is 0 Å². The maximum Gasteiger partial charge on any atom is 0.414 e. The first-order chi connectivity index (χ1) is 41.4. The Morgan fingerprint density at radius 2 is 0.844 bits per heavy atom. The van der Waals surface area contributed by atoms with E-state index in [4.69, 9.17) is 28.9 Å². The lowest BCUT2D eigenvalue weighted by Gasteiger charge is -2.30. The first-order valence-electron chi connectivity index (χ1n) is 31.1. The molecule has 0 bridgehead atoms. The number of unbranched alkanes of at least 4 members (excludes halogenated alkanes) is 6. The van der Waals surface area contributed by atoms with Gasteiger partial charge in [-0.25, -0.2) is 29.1 Å². The van der Waals surface area contributed by atoms with Gasteiger partial charge in [-0.15, -0.1) is 9.13 Å². The molecule has 0 saturated heterocycles. The molecule has 90 heavy (non-hydrogen) atoms. The van der Waals surface area contributed by atoms with Crippen molar-refractivity contribution in [3.8, 4) is 11.4 Å². The number of aromatic nitrogens is 4. The van der Waals surface area contributed by atoms with E-state index in [1.807, 2.05) is 189 Å². The molecule has 16 nitrogen and oxygen atoms in total. The van der Waals surface area contributed by atoms with Crippen molar-refractivity contribution in [3.63, 3.8) is 0 Å². The van der Waals surface area contributed by atoms with Crippen LogP contribution in [-0.4, -0.2) is 69.8 Å². The minimum absolute atomic E-state index is 0. The molecule has 0 spiro atoms. The van der Waals surface area contributed by atoms with Crippen LogP contribution in [0.2, 0.25) is 0 Å². The molecule has 0 aliphatic carbocycles. The summed E-state index contributed by atoms with van der Waals surface area (Å²) in [6.07, 6.45) is 6.57. The van der Waals surface area contributed by atoms with Gasteiger partial charge in [-0.2, -0.15) is 0 Å². The van der Waals surface area contributed by atoms with E-state index in [2.05, 4.69) is 56.3 Å². The Kier molecular flexibility index (Phi) is 23.7. The maximum atomic E-state index is 15.1. The number of benzene rings is 6. The number of amides is 4. The van der Waals surface area contributed by atoms with E-state index in [-0.39, 0.29) is 36.8 Å². The Bertz CT molecular complexity index is 3850. The summed E-state index contributed by atoms with van der Waals surface area (Å²) in [4.78, 5) is 66.1. The van der Waals surface area contributed by atoms with Crippen molar-refractivity contribution in [2.24, 2.45) is 0 Å². The molecule has 1 unspecified atom stereocenters. The maximum absolute atomic E-state index is 15.1. The van der Waals surface area contributed by atoms with E-state index >= 15 is 4.79 Å². The summed E-state index contributed by atoms with van der Waals surface area (Å²) in [6, 6.07) is 36.7. The van der Waals surface area contributed by atoms with Crippen LogP contribution in [-0.2, 0) is 18.9 Å². The van der Waals surface area contributed by atoms with Crippen LogP contribution < -0.4 is 54.8 Å². The van der Waals surface area contributed by atoms with Crippen molar-refractivity contribution >= 4 is 85.6 Å². The van der Waals surface area contributed by atoms with E-state index < -0.39 is 40.7 Å². The molecule has 482 valence electrons. The standard InChI is InChI=1S/C72H90N8O8.2ClH/c1-46-38-56-61(79(51-31-25-22-26-32-51)62-43-54(47(2)39-57(62)74-56)76-66(82)86-70(8,9)10)42-53(46)50(30-24-20-18-17-19-21-29-36-73-65(81)85-69(5,6)7)35-37-78(68(84)88-72(14,15)16)60-45-64-59(41-49(60)4)75-58-40-48(3)55(77-67(83)87-71(11,12)13)44-63(58)80(64)52-33-27-23-28-34-52;;/h22-23,25-28,31-34,38-45,50H,17-21,24,29-30,35-37H2,1-16H3,(H,73,81);2*1H. The van der Waals surface area contributed by atoms with Crippen molar-refractivity contribution in [1.29, 1.82) is 0 Å². The minimum atomic E-state index is -0.804. The Hall–Kier alpha value is -7.82. The molecule has 1 atom stereocenters. The normalized spacial score (nSPS) is 12.2. The van der Waals surface area contributed by atoms with E-state index in [9.17, 15) is 14.4 Å². The molecule has 6 aromatic carbocycles. The van der Waals surface area contributed by atoms with Gasteiger partial charge in [0.25, 0.3) is 0 Å². The molecule has 2 heterocycles. The van der Waals surface area contributed by atoms with E-state index in [1.54, 1.807) is 4.90 Å². The fourth-order valence-corrected chi connectivity index (χ4v) is 11.1. The van der Waals surface area contributed by atoms with Crippen LogP contribution in [0.15, 0.2) is 109 Å². The summed E-state index contributed by atoms with van der Waals surface area (Å²) < 4.78 is 27.5. The summed E-state index contributed by atoms with van der Waals surface area (Å²) in [6.45, 7) is 31.3. The first-order valence-corrected chi connectivity index (χ1v) is 31.1. The number of alkyl carbamates (subject to hydrolysis) is 1. The van der Waals surface area contributed by atoms with Gasteiger partial charge in [0.05, 0.1) is 17.1 Å². The van der Waals surface area contributed by atoms with Gasteiger partial charge < -0.3 is 49.1 Å². The molecule has 0 aliphatic heterocycles. The summed E-state index contributed by atoms with van der Waals surface area (Å²) >= 11 is 0. The number of hydrogen-bond donors (Lipinski definition) is 3. The Morgan fingerprint density at radius 1 is 0.456 bits per heavy atom. The van der Waals surface area contributed by atoms with E-state index in [1.165, 1.54) is 0 Å². The third-order valence-electron chi connectivity index (χ3n) is 15.0. The zero-order chi connectivity index (χ0) is 63.9. The lowest BCUT2D eigenvalue weighted by atomic mass is 9.86. The highest BCUT2D eigenvalue weighted by Crippen LogP contribution is 2.36. The Labute approximate surface area is 544 Å². The summed E-state index contributed by atoms with van der Waals surface area (Å²) in [5.41, 5.74) is 12.0. The van der Waals surface area contributed by atoms with Crippen molar-refractivity contribution in [2.45, 2.75) is 197 Å². The molecule has 0 radical (unpaired) electrons. The van der Waals surface area contributed by atoms with Gasteiger partial charge in [-0.05, 0) is 188 Å². The van der Waals surface area contributed by atoms with Gasteiger partial charge in [-0.1, -0.05) is 74.9 Å². The van der Waals surface area contributed by atoms with Gasteiger partial charge >= 0.3 is 24.4 Å². The molecule has 3 N–H and O–H groups in total. The number of nitrogens with one attached hydrogen (secondary N) is 3. The fraction of sp³-hybridized carbons (Fsp3) is 0.444. The van der Waals surface area contributed by atoms with Crippen LogP contribution in [0.25, 0.3) is 55.5 Å². The van der Waals surface area contributed by atoms with Crippen LogP contribution in [0.3, 0.4) is 0 Å². The second-order valence-corrected chi connectivity index (χ2v) is 27.3. The molecule has 18 heteroatoms. The number of aryl methyl sites for hydroxylation is 4. The van der Waals surface area contributed by atoms with Crippen LogP contribution in [0, 0.1) is 27.7 Å². The number of anilines is 3. The molecule has 4 amide bonds. The third kappa shape index (κ3) is 19.1. The monoisotopic (exact) mass is 1270 g/mol. The highest BCUT2D eigenvalue weighted by Gasteiger charge is 2.32. The van der Waals surface area contributed by atoms with Crippen LogP contribution in [0.1, 0.15) is 175 Å². The van der Waals surface area contributed by atoms with Crippen molar-refractivity contribution < 1.29 is 72.1 Å². The number of para-hydroxylation sites is 2. The quantitative estimate of drug-likeness (QED) is 0.0305. The van der Waals surface area contributed by atoms with Gasteiger partial charge in [0.2, 0.25) is 33.4 Å². The van der Waals surface area contributed by atoms with Gasteiger partial charge in [0, 0.05) is 61.6 Å². The number of carbonyl (C=O) groups excluding carboxylic acids is 4. The number of fused-ring (bicyclic) bond motifs is 4. The Balaban J connectivity index is 0.00000645. The van der Waals surface area contributed by atoms with Crippen molar-refractivity contribution in [1.82, 2.24) is 15.3 Å². The summed E-state index contributed by atoms with van der Waals surface area (Å²) in [7, 11) is 0. The second kappa shape index (κ2) is 29.9. The lowest BCUT2D eigenvalue weighted by molar-refractivity contribution is -0.538. The molecule has 2 aromatic heterocycles. The smallest absolute Gasteiger partial charge is 0.414 e. The number of ether oxygens (including phenoxy) is 4. The van der Waals surface area contributed by atoms with E-state index in [0.717, 1.165) is 135 Å². The topological polar surface area (TPSA) is 178 Å². The minimum Gasteiger partial charge on any atom is -1.00 e. The number of halogens is 2. The number of hydrogen-bond acceptors (Lipinski definition) is 10. The van der Waals surface area contributed by atoms with Gasteiger partial charge in [-0.3, -0.25) is 15.5 Å². The van der Waals surface area contributed by atoms with Crippen LogP contribution in [0.4, 0.5) is 36.2 Å². The molecule has 8 rings (SSSR count). The Morgan fingerprint density at radius 3 is 1.30 bits per heavy atom. The predicted octanol–water partition coefficient (Wildman–Crippen LogP) is 11.1. The summed E-state index contributed by atoms with van der Waals surface area (Å²) in [5, 5.41) is 8.88. The second-order valence-electron chi connectivity index (χ2n) is 27.3. The molecule has 0 fully saturated rings. The number of nitrogens with zero attached hydrogens (tertiary/aromatic N) is 5. The highest BCUT2D eigenvalue weighted by molar-refractivity contribution is 5.96. The lowest BCUT2D eigenvalue weighted by Crippen LogP contribution is -3.00. The zero-order valence-electron chi connectivity index (χ0n) is 55.5. The summed E-state index contributed by atoms with van der Waals surface area (Å²) in [5.74, 6) is -0.0182. The SMILES string of the molecule is Cc1cc2nc3cc(C)c(C(CCCCCCCCCNC(=O)OC(C)(C)C)CCN(C(=O)OC(C)(C)C)c4cc5c(cc4C)nc4cc(C)c(NC(=O)OC(C)(C)C)cc4[n+]5-c4ccccc4)cc3[n+](-c3ccccc3)c2cc1NC(=O)OC(C)(C)C.[Cl-].[Cl-]. The number of rotatable bonds is 19. The first kappa shape index (κ1) is 71.3. The number of carbonyl (C=O) groups is 4. The molecule has 0 saturated carbocycles. The molecular weight excluding hydrogens is 1180 g/mol. The molecule has 0 aliphatic rings. The predicted molar refractivity (Wildman–Crippen MR) is 352 cm³/mol. The van der Waals surface area contributed by atoms with Gasteiger partial charge in [0.1, 0.15) is 44.5 Å². The van der Waals surface area contributed by atoms with Crippen molar-refractivity contribution in [3.05, 3.63) is 137 Å². The van der Waals surface area contributed by atoms with Crippen LogP contribution in [0.5, 0.6) is 0 Å². The average molecular weight is 1270 g/mol.